The number of sulfonamides is 1. The van der Waals surface area contributed by atoms with E-state index in [9.17, 15) is 8.42 Å². The number of aromatic nitrogens is 1. The highest BCUT2D eigenvalue weighted by atomic mass is 79.9. The number of hydrogen-bond donors (Lipinski definition) is 0. The highest BCUT2D eigenvalue weighted by Crippen LogP contribution is 2.36. The maximum absolute atomic E-state index is 12.9. The summed E-state index contributed by atoms with van der Waals surface area (Å²) in [6.07, 6.45) is 0. The van der Waals surface area contributed by atoms with Gasteiger partial charge >= 0.3 is 0 Å². The van der Waals surface area contributed by atoms with E-state index in [1.807, 2.05) is 29.6 Å². The zero-order valence-corrected chi connectivity index (χ0v) is 20.3. The van der Waals surface area contributed by atoms with Crippen LogP contribution in [-0.2, 0) is 10.0 Å². The number of methoxy groups -OCH3 is 2. The van der Waals surface area contributed by atoms with Crippen LogP contribution in [0, 0.1) is 0 Å². The molecule has 2 heterocycles. The van der Waals surface area contributed by atoms with Gasteiger partial charge in [0.05, 0.1) is 24.8 Å². The summed E-state index contributed by atoms with van der Waals surface area (Å²) in [5.74, 6) is 1.42. The van der Waals surface area contributed by atoms with Gasteiger partial charge in [-0.1, -0.05) is 22.0 Å². The molecule has 1 aromatic heterocycles. The first-order valence-electron chi connectivity index (χ1n) is 9.61. The van der Waals surface area contributed by atoms with Gasteiger partial charge in [0.15, 0.2) is 5.13 Å². The minimum atomic E-state index is -3.51. The first-order chi connectivity index (χ1) is 14.9. The summed E-state index contributed by atoms with van der Waals surface area (Å²) < 4.78 is 38.9. The Bertz CT molecular complexity index is 1170. The summed E-state index contributed by atoms with van der Waals surface area (Å²) >= 11 is 4.89. The van der Waals surface area contributed by atoms with Crippen molar-refractivity contribution in [3.63, 3.8) is 0 Å². The summed E-state index contributed by atoms with van der Waals surface area (Å²) in [7, 11) is -0.274. The van der Waals surface area contributed by atoms with E-state index in [1.165, 1.54) is 4.31 Å². The highest BCUT2D eigenvalue weighted by Gasteiger charge is 2.29. The molecule has 0 spiro atoms. The number of nitrogens with zero attached hydrogens (tertiary/aromatic N) is 3. The van der Waals surface area contributed by atoms with Crippen LogP contribution in [0.4, 0.5) is 5.13 Å². The summed E-state index contributed by atoms with van der Waals surface area (Å²) in [5.41, 5.74) is 1.71. The summed E-state index contributed by atoms with van der Waals surface area (Å²) in [5, 5.41) is 2.86. The standard InChI is InChI=1S/C21H22BrN3O4S2/c1-28-16-6-7-18(20(13-16)29-2)19-14-30-21(23-19)24-8-10-25(11-9-24)31(26,27)17-5-3-4-15(22)12-17/h3-7,12-14H,8-11H2,1-2H3. The van der Waals surface area contributed by atoms with Gasteiger partial charge in [0, 0.05) is 47.7 Å². The molecule has 0 atom stereocenters. The van der Waals surface area contributed by atoms with Gasteiger partial charge in [0.25, 0.3) is 0 Å². The number of rotatable bonds is 6. The van der Waals surface area contributed by atoms with Gasteiger partial charge in [-0.2, -0.15) is 4.31 Å². The fourth-order valence-electron chi connectivity index (χ4n) is 3.44. The molecule has 0 saturated carbocycles. The lowest BCUT2D eigenvalue weighted by atomic mass is 10.1. The molecule has 0 amide bonds. The smallest absolute Gasteiger partial charge is 0.243 e. The fraction of sp³-hybridized carbons (Fsp3) is 0.286. The third-order valence-electron chi connectivity index (χ3n) is 5.12. The molecule has 0 aliphatic carbocycles. The molecule has 10 heteroatoms. The normalized spacial score (nSPS) is 15.1. The van der Waals surface area contributed by atoms with E-state index in [0.29, 0.717) is 36.8 Å². The average Bonchev–Trinajstić information content (AvgIpc) is 3.28. The molecular weight excluding hydrogens is 502 g/mol. The second-order valence-corrected chi connectivity index (χ2v) is 10.6. The third-order valence-corrected chi connectivity index (χ3v) is 8.41. The first kappa shape index (κ1) is 22.1. The van der Waals surface area contributed by atoms with Gasteiger partial charge in [-0.25, -0.2) is 13.4 Å². The van der Waals surface area contributed by atoms with Gasteiger partial charge in [-0.15, -0.1) is 11.3 Å². The minimum Gasteiger partial charge on any atom is -0.497 e. The number of halogens is 1. The van der Waals surface area contributed by atoms with Crippen molar-refractivity contribution in [1.29, 1.82) is 0 Å². The third kappa shape index (κ3) is 4.57. The largest absolute Gasteiger partial charge is 0.497 e. The number of anilines is 1. The van der Waals surface area contributed by atoms with Crippen molar-refractivity contribution >= 4 is 42.4 Å². The van der Waals surface area contributed by atoms with Crippen LogP contribution in [0.25, 0.3) is 11.3 Å². The predicted molar refractivity (Wildman–Crippen MR) is 126 cm³/mol. The molecule has 2 aromatic carbocycles. The number of hydrogen-bond acceptors (Lipinski definition) is 7. The van der Waals surface area contributed by atoms with Crippen molar-refractivity contribution in [2.45, 2.75) is 4.90 Å². The van der Waals surface area contributed by atoms with Crippen LogP contribution in [0.15, 0.2) is 57.2 Å². The Morgan fingerprint density at radius 3 is 2.48 bits per heavy atom. The van der Waals surface area contributed by atoms with Crippen LogP contribution in [0.3, 0.4) is 0 Å². The molecule has 1 fully saturated rings. The highest BCUT2D eigenvalue weighted by molar-refractivity contribution is 9.10. The lowest BCUT2D eigenvalue weighted by Crippen LogP contribution is -2.48. The van der Waals surface area contributed by atoms with Crippen molar-refractivity contribution in [2.75, 3.05) is 45.3 Å². The van der Waals surface area contributed by atoms with Crippen molar-refractivity contribution in [3.05, 3.63) is 52.3 Å². The Balaban J connectivity index is 1.48. The number of ether oxygens (including phenoxy) is 2. The Morgan fingerprint density at radius 1 is 1.03 bits per heavy atom. The number of piperazine rings is 1. The monoisotopic (exact) mass is 523 g/mol. The zero-order valence-electron chi connectivity index (χ0n) is 17.1. The van der Waals surface area contributed by atoms with Crippen molar-refractivity contribution in [3.8, 4) is 22.8 Å². The van der Waals surface area contributed by atoms with E-state index in [4.69, 9.17) is 14.5 Å². The lowest BCUT2D eigenvalue weighted by Gasteiger charge is -2.33. The second-order valence-electron chi connectivity index (χ2n) is 6.93. The van der Waals surface area contributed by atoms with Crippen LogP contribution < -0.4 is 14.4 Å². The van der Waals surface area contributed by atoms with Gasteiger partial charge < -0.3 is 14.4 Å². The molecule has 1 aliphatic heterocycles. The van der Waals surface area contributed by atoms with Gasteiger partial charge in [0.1, 0.15) is 11.5 Å². The van der Waals surface area contributed by atoms with Gasteiger partial charge in [-0.05, 0) is 30.3 Å². The SMILES string of the molecule is COc1ccc(-c2csc(N3CCN(S(=O)(=O)c4cccc(Br)c4)CC3)n2)c(OC)c1. The van der Waals surface area contributed by atoms with E-state index in [-0.39, 0.29) is 0 Å². The van der Waals surface area contributed by atoms with E-state index in [1.54, 1.807) is 43.8 Å². The van der Waals surface area contributed by atoms with Crippen LogP contribution in [0.2, 0.25) is 0 Å². The zero-order chi connectivity index (χ0) is 22.0. The molecule has 4 rings (SSSR count). The molecule has 0 N–H and O–H groups in total. The van der Waals surface area contributed by atoms with Crippen molar-refractivity contribution in [1.82, 2.24) is 9.29 Å². The molecule has 3 aromatic rings. The fourth-order valence-corrected chi connectivity index (χ4v) is 6.34. The minimum absolute atomic E-state index is 0.304. The van der Waals surface area contributed by atoms with E-state index >= 15 is 0 Å². The van der Waals surface area contributed by atoms with E-state index < -0.39 is 10.0 Å². The molecule has 0 bridgehead atoms. The van der Waals surface area contributed by atoms with Crippen LogP contribution in [-0.4, -0.2) is 58.1 Å². The molecule has 31 heavy (non-hydrogen) atoms. The average molecular weight is 524 g/mol. The molecular formula is C21H22BrN3O4S2. The summed E-state index contributed by atoms with van der Waals surface area (Å²) in [6, 6.07) is 12.5. The Labute approximate surface area is 194 Å². The van der Waals surface area contributed by atoms with Crippen molar-refractivity contribution in [2.24, 2.45) is 0 Å². The van der Waals surface area contributed by atoms with E-state index in [2.05, 4.69) is 20.8 Å². The number of benzene rings is 2. The summed E-state index contributed by atoms with van der Waals surface area (Å²) in [6.45, 7) is 1.99. The molecule has 7 nitrogen and oxygen atoms in total. The molecule has 0 unspecified atom stereocenters. The second kappa shape index (κ2) is 9.15. The Hall–Kier alpha value is -2.14. The molecule has 164 valence electrons. The van der Waals surface area contributed by atoms with Gasteiger partial charge in [0.2, 0.25) is 10.0 Å². The maximum atomic E-state index is 12.9. The number of thiazole rings is 1. The quantitative estimate of drug-likeness (QED) is 0.484. The van der Waals surface area contributed by atoms with Crippen LogP contribution in [0.1, 0.15) is 0 Å². The molecule has 1 aliphatic rings. The Morgan fingerprint density at radius 2 is 1.81 bits per heavy atom. The Kier molecular flexibility index (Phi) is 6.52. The predicted octanol–water partition coefficient (Wildman–Crippen LogP) is 4.10. The van der Waals surface area contributed by atoms with Crippen LogP contribution in [0.5, 0.6) is 11.5 Å². The maximum Gasteiger partial charge on any atom is 0.243 e. The van der Waals surface area contributed by atoms with Crippen molar-refractivity contribution < 1.29 is 17.9 Å². The molecule has 0 radical (unpaired) electrons. The molecule has 1 saturated heterocycles. The topological polar surface area (TPSA) is 72.0 Å². The lowest BCUT2D eigenvalue weighted by molar-refractivity contribution is 0.384. The first-order valence-corrected chi connectivity index (χ1v) is 12.7. The van der Waals surface area contributed by atoms with E-state index in [0.717, 1.165) is 26.6 Å². The summed E-state index contributed by atoms with van der Waals surface area (Å²) in [4.78, 5) is 7.20. The van der Waals surface area contributed by atoms with Crippen LogP contribution >= 0.6 is 27.3 Å². The van der Waals surface area contributed by atoms with Gasteiger partial charge in [-0.3, -0.25) is 0 Å².